The van der Waals surface area contributed by atoms with Gasteiger partial charge in [-0.1, -0.05) is 18.9 Å². The van der Waals surface area contributed by atoms with Crippen LogP contribution in [-0.4, -0.2) is 28.7 Å². The Morgan fingerprint density at radius 3 is 2.61 bits per heavy atom. The molecule has 4 nitrogen and oxygen atoms in total. The molecule has 1 aliphatic carbocycles. The minimum absolute atomic E-state index is 0.0851. The number of rotatable bonds is 6. The van der Waals surface area contributed by atoms with Crippen molar-refractivity contribution in [3.8, 4) is 0 Å². The van der Waals surface area contributed by atoms with Crippen LogP contribution < -0.4 is 5.32 Å². The quantitative estimate of drug-likeness (QED) is 0.385. The van der Waals surface area contributed by atoms with Gasteiger partial charge >= 0.3 is 6.18 Å². The maximum atomic E-state index is 13.4. The first-order chi connectivity index (χ1) is 14.8. The summed E-state index contributed by atoms with van der Waals surface area (Å²) < 4.78 is 58.4. The van der Waals surface area contributed by atoms with Gasteiger partial charge in [-0.2, -0.15) is 17.6 Å². The smallest absolute Gasteiger partial charge is 0.375 e. The van der Waals surface area contributed by atoms with Crippen molar-refractivity contribution in [1.29, 1.82) is 0 Å². The normalized spacial score (nSPS) is 23.4. The fraction of sp³-hybridized carbons (Fsp3) is 0.565. The van der Waals surface area contributed by atoms with Gasteiger partial charge < -0.3 is 10.1 Å². The van der Waals surface area contributed by atoms with E-state index in [4.69, 9.17) is 4.74 Å². The van der Waals surface area contributed by atoms with E-state index in [1.165, 1.54) is 12.8 Å². The third-order valence-corrected chi connectivity index (χ3v) is 6.68. The van der Waals surface area contributed by atoms with Gasteiger partial charge in [0.2, 0.25) is 5.95 Å². The van der Waals surface area contributed by atoms with E-state index in [1.54, 1.807) is 0 Å². The molecular weight excluding hydrogens is 410 g/mol. The number of nitrogens with one attached hydrogen (secondary N) is 1. The monoisotopic (exact) mass is 437 g/mol. The maximum absolute atomic E-state index is 13.4. The van der Waals surface area contributed by atoms with E-state index in [0.717, 1.165) is 50.1 Å². The maximum Gasteiger partial charge on any atom is 0.420 e. The van der Waals surface area contributed by atoms with Crippen LogP contribution in [0.1, 0.15) is 61.8 Å². The molecule has 3 heterocycles. The lowest BCUT2D eigenvalue weighted by molar-refractivity contribution is -0.140. The van der Waals surface area contributed by atoms with E-state index < -0.39 is 17.7 Å². The third kappa shape index (κ3) is 4.90. The highest BCUT2D eigenvalue weighted by Gasteiger charge is 2.48. The number of alkyl halides is 3. The highest BCUT2D eigenvalue weighted by Crippen LogP contribution is 2.49. The van der Waals surface area contributed by atoms with Crippen molar-refractivity contribution in [3.63, 3.8) is 0 Å². The second-order valence-corrected chi connectivity index (χ2v) is 8.77. The van der Waals surface area contributed by atoms with Crippen LogP contribution in [0.15, 0.2) is 36.7 Å². The number of hydrogen-bond donors (Lipinski definition) is 1. The summed E-state index contributed by atoms with van der Waals surface area (Å²) in [6.45, 7) is 1.48. The van der Waals surface area contributed by atoms with Gasteiger partial charge in [0.1, 0.15) is 5.56 Å². The molecule has 2 aromatic heterocycles. The number of halogens is 4. The molecule has 0 bridgehead atoms. The van der Waals surface area contributed by atoms with E-state index in [1.807, 2.05) is 18.3 Å². The van der Waals surface area contributed by atoms with E-state index in [0.29, 0.717) is 18.7 Å². The zero-order valence-electron chi connectivity index (χ0n) is 17.3. The topological polar surface area (TPSA) is 47.0 Å². The molecule has 0 radical (unpaired) electrons. The second-order valence-electron chi connectivity index (χ2n) is 8.77. The van der Waals surface area contributed by atoms with Gasteiger partial charge in [0.15, 0.2) is 0 Å². The van der Waals surface area contributed by atoms with Crippen molar-refractivity contribution >= 4 is 0 Å². The largest absolute Gasteiger partial charge is 0.420 e. The number of nitrogens with zero attached hydrogens (tertiary/aromatic N) is 2. The molecular formula is C23H27F4N3O. The molecule has 1 saturated carbocycles. The van der Waals surface area contributed by atoms with Gasteiger partial charge in [-0.05, 0) is 62.4 Å². The lowest BCUT2D eigenvalue weighted by atomic mass is 9.68. The Labute approximate surface area is 179 Å². The van der Waals surface area contributed by atoms with Gasteiger partial charge in [0.05, 0.1) is 5.60 Å². The van der Waals surface area contributed by atoms with Gasteiger partial charge in [-0.3, -0.25) is 4.98 Å². The van der Waals surface area contributed by atoms with E-state index in [-0.39, 0.29) is 17.6 Å². The third-order valence-electron chi connectivity index (χ3n) is 6.68. The van der Waals surface area contributed by atoms with Gasteiger partial charge in [-0.25, -0.2) is 4.98 Å². The summed E-state index contributed by atoms with van der Waals surface area (Å²) in [4.78, 5) is 7.92. The van der Waals surface area contributed by atoms with Gasteiger partial charge in [0, 0.05) is 36.7 Å². The van der Waals surface area contributed by atoms with Crippen LogP contribution >= 0.6 is 0 Å². The number of hydrogen-bond acceptors (Lipinski definition) is 4. The molecule has 4 rings (SSSR count). The first-order valence-electron chi connectivity index (χ1n) is 10.8. The number of ether oxygens (including phenoxy) is 1. The molecule has 168 valence electrons. The van der Waals surface area contributed by atoms with Crippen molar-refractivity contribution in [2.24, 2.45) is 0 Å². The number of aromatic nitrogens is 2. The molecule has 2 aliphatic rings. The molecule has 0 amide bonds. The Morgan fingerprint density at radius 1 is 1.10 bits per heavy atom. The van der Waals surface area contributed by atoms with Crippen molar-refractivity contribution in [2.75, 3.05) is 13.2 Å². The minimum atomic E-state index is -4.76. The van der Waals surface area contributed by atoms with Crippen molar-refractivity contribution in [3.05, 3.63) is 59.4 Å². The Balaban J connectivity index is 1.44. The number of pyridine rings is 2. The highest BCUT2D eigenvalue weighted by atomic mass is 19.4. The van der Waals surface area contributed by atoms with Crippen molar-refractivity contribution in [2.45, 2.75) is 68.7 Å². The standard InChI is InChI=1S/C23H27F4N3O/c24-20-18(23(25,26)27)13-17(15-30-20)14-28-11-8-21(19-5-1-4-10-29-19)9-12-31-22(16-21)6-2-3-7-22/h1,4-5,10,13,15,28H,2-3,6-9,11-12,14,16H2/t21-/m1/s1. The summed E-state index contributed by atoms with van der Waals surface area (Å²) in [5.74, 6) is -1.49. The summed E-state index contributed by atoms with van der Waals surface area (Å²) in [5, 5.41) is 3.22. The zero-order valence-corrected chi connectivity index (χ0v) is 17.3. The molecule has 1 saturated heterocycles. The Kier molecular flexibility index (Phi) is 6.30. The molecule has 31 heavy (non-hydrogen) atoms. The summed E-state index contributed by atoms with van der Waals surface area (Å²) in [6.07, 6.45) is 5.26. The fourth-order valence-corrected chi connectivity index (χ4v) is 5.14. The second kappa shape index (κ2) is 8.82. The zero-order chi connectivity index (χ0) is 22.0. The van der Waals surface area contributed by atoms with Crippen LogP contribution in [0.25, 0.3) is 0 Å². The molecule has 0 unspecified atom stereocenters. The lowest BCUT2D eigenvalue weighted by Crippen LogP contribution is -2.47. The summed E-state index contributed by atoms with van der Waals surface area (Å²) in [5.41, 5.74) is -0.189. The summed E-state index contributed by atoms with van der Waals surface area (Å²) >= 11 is 0. The Hall–Kier alpha value is -2.06. The van der Waals surface area contributed by atoms with Crippen molar-refractivity contribution < 1.29 is 22.3 Å². The van der Waals surface area contributed by atoms with Crippen LogP contribution in [0, 0.1) is 5.95 Å². The van der Waals surface area contributed by atoms with Crippen molar-refractivity contribution in [1.82, 2.24) is 15.3 Å². The molecule has 2 fully saturated rings. The van der Waals surface area contributed by atoms with E-state index in [2.05, 4.69) is 21.4 Å². The summed E-state index contributed by atoms with van der Waals surface area (Å²) in [7, 11) is 0. The average molecular weight is 437 g/mol. The predicted molar refractivity (Wildman–Crippen MR) is 108 cm³/mol. The molecule has 1 atom stereocenters. The highest BCUT2D eigenvalue weighted by molar-refractivity contribution is 5.23. The molecule has 1 aliphatic heterocycles. The SMILES string of the molecule is Fc1ncc(CNCC[C@@]2(c3ccccn3)CCOC3(CCCC3)C2)cc1C(F)(F)F. The molecule has 1 spiro atoms. The predicted octanol–water partition coefficient (Wildman–Crippen LogP) is 5.18. The molecule has 2 aromatic rings. The van der Waals surface area contributed by atoms with E-state index >= 15 is 0 Å². The molecule has 8 heteroatoms. The average Bonchev–Trinajstić information content (AvgIpc) is 3.19. The first-order valence-corrected chi connectivity index (χ1v) is 10.8. The van der Waals surface area contributed by atoms with Gasteiger partial charge in [-0.15, -0.1) is 0 Å². The molecule has 0 aromatic carbocycles. The van der Waals surface area contributed by atoms with Gasteiger partial charge in [0.25, 0.3) is 0 Å². The van der Waals surface area contributed by atoms with Crippen LogP contribution in [0.2, 0.25) is 0 Å². The Bertz CT molecular complexity index is 884. The Morgan fingerprint density at radius 2 is 1.90 bits per heavy atom. The minimum Gasteiger partial charge on any atom is -0.375 e. The lowest BCUT2D eigenvalue weighted by Gasteiger charge is -2.46. The fourth-order valence-electron chi connectivity index (χ4n) is 5.14. The summed E-state index contributed by atoms with van der Waals surface area (Å²) in [6, 6.07) is 6.79. The first kappa shape index (κ1) is 22.1. The van der Waals surface area contributed by atoms with Crippen LogP contribution in [0.5, 0.6) is 0 Å². The molecule has 1 N–H and O–H groups in total. The van der Waals surface area contributed by atoms with Crippen LogP contribution in [0.4, 0.5) is 17.6 Å². The van der Waals surface area contributed by atoms with Crippen LogP contribution in [-0.2, 0) is 22.9 Å². The van der Waals surface area contributed by atoms with Crippen LogP contribution in [0.3, 0.4) is 0 Å². The van der Waals surface area contributed by atoms with E-state index in [9.17, 15) is 17.6 Å².